The summed E-state index contributed by atoms with van der Waals surface area (Å²) in [6.45, 7) is 2.32. The molecular weight excluding hydrogens is 364 g/mol. The molecular formula is C20H24N2O4S. The number of carboxylic acids is 1. The lowest BCUT2D eigenvalue weighted by atomic mass is 10.1. The van der Waals surface area contributed by atoms with Gasteiger partial charge in [-0.3, -0.25) is 14.4 Å². The highest BCUT2D eigenvalue weighted by Crippen LogP contribution is 2.27. The molecule has 6 nitrogen and oxygen atoms in total. The van der Waals surface area contributed by atoms with Gasteiger partial charge in [0.1, 0.15) is 6.54 Å². The normalized spacial score (nSPS) is 17.5. The van der Waals surface area contributed by atoms with Crippen molar-refractivity contribution in [2.75, 3.05) is 19.6 Å². The van der Waals surface area contributed by atoms with Crippen molar-refractivity contribution in [2.24, 2.45) is 0 Å². The first kappa shape index (κ1) is 19.4. The SMILES string of the molecule is CC(=O)N(CC(=O)O)C1CCCN(C(=O)Cc2csc3ccccc23)CC1. The van der Waals surface area contributed by atoms with Gasteiger partial charge in [0.05, 0.1) is 6.42 Å². The largest absolute Gasteiger partial charge is 0.480 e. The fourth-order valence-corrected chi connectivity index (χ4v) is 4.69. The van der Waals surface area contributed by atoms with E-state index in [1.807, 2.05) is 28.5 Å². The van der Waals surface area contributed by atoms with Gasteiger partial charge >= 0.3 is 5.97 Å². The van der Waals surface area contributed by atoms with Crippen LogP contribution in [0.3, 0.4) is 0 Å². The molecule has 3 rings (SSSR count). The van der Waals surface area contributed by atoms with Crippen molar-refractivity contribution >= 4 is 39.2 Å². The third-order valence-corrected chi connectivity index (χ3v) is 6.12. The summed E-state index contributed by atoms with van der Waals surface area (Å²) in [5.74, 6) is -1.15. The lowest BCUT2D eigenvalue weighted by Gasteiger charge is -2.28. The van der Waals surface area contributed by atoms with Crippen LogP contribution in [0.5, 0.6) is 0 Å². The van der Waals surface area contributed by atoms with Crippen molar-refractivity contribution in [3.63, 3.8) is 0 Å². The maximum atomic E-state index is 12.8. The first-order chi connectivity index (χ1) is 13.0. The number of likely N-dealkylation sites (tertiary alicyclic amines) is 1. The van der Waals surface area contributed by atoms with E-state index in [9.17, 15) is 14.4 Å². The third kappa shape index (κ3) is 4.66. The number of benzene rings is 1. The highest BCUT2D eigenvalue weighted by Gasteiger charge is 2.27. The molecule has 0 bridgehead atoms. The van der Waals surface area contributed by atoms with Gasteiger partial charge in [-0.2, -0.15) is 0 Å². The number of carboxylic acid groups (broad SMARTS) is 1. The van der Waals surface area contributed by atoms with Crippen LogP contribution in [0, 0.1) is 0 Å². The fourth-order valence-electron chi connectivity index (χ4n) is 3.73. The van der Waals surface area contributed by atoms with Gasteiger partial charge in [-0.15, -0.1) is 11.3 Å². The van der Waals surface area contributed by atoms with Crippen molar-refractivity contribution in [3.8, 4) is 0 Å². The van der Waals surface area contributed by atoms with Crippen LogP contribution in [-0.2, 0) is 20.8 Å². The molecule has 7 heteroatoms. The average molecular weight is 388 g/mol. The Labute approximate surface area is 162 Å². The maximum Gasteiger partial charge on any atom is 0.323 e. The molecule has 144 valence electrons. The van der Waals surface area contributed by atoms with Crippen molar-refractivity contribution < 1.29 is 19.5 Å². The molecule has 2 amide bonds. The van der Waals surface area contributed by atoms with Crippen LogP contribution in [0.15, 0.2) is 29.6 Å². The van der Waals surface area contributed by atoms with E-state index in [2.05, 4.69) is 6.07 Å². The number of thiophene rings is 1. The standard InChI is InChI=1S/C20H24N2O4S/c1-14(23)22(12-20(25)26)16-5-4-9-21(10-8-16)19(24)11-15-13-27-18-7-3-2-6-17(15)18/h2-3,6-7,13,16H,4-5,8-12H2,1H3,(H,25,26). The number of amides is 2. The molecule has 0 saturated carbocycles. The number of carbonyl (C=O) groups excluding carboxylic acids is 2. The zero-order chi connectivity index (χ0) is 19.4. The Balaban J connectivity index is 1.64. The van der Waals surface area contributed by atoms with Gasteiger partial charge in [0, 0.05) is 30.8 Å². The summed E-state index contributed by atoms with van der Waals surface area (Å²) < 4.78 is 1.18. The van der Waals surface area contributed by atoms with E-state index >= 15 is 0 Å². The Morgan fingerprint density at radius 3 is 2.74 bits per heavy atom. The highest BCUT2D eigenvalue weighted by atomic mass is 32.1. The fraction of sp³-hybridized carbons (Fsp3) is 0.450. The quantitative estimate of drug-likeness (QED) is 0.854. The minimum Gasteiger partial charge on any atom is -0.480 e. The van der Waals surface area contributed by atoms with E-state index in [0.717, 1.165) is 23.8 Å². The van der Waals surface area contributed by atoms with E-state index in [1.54, 1.807) is 11.3 Å². The molecule has 2 aromatic rings. The Hall–Kier alpha value is -2.41. The van der Waals surface area contributed by atoms with Crippen molar-refractivity contribution in [3.05, 3.63) is 35.2 Å². The predicted molar refractivity (Wildman–Crippen MR) is 105 cm³/mol. The molecule has 1 aromatic heterocycles. The summed E-state index contributed by atoms with van der Waals surface area (Å²) in [7, 11) is 0. The number of nitrogens with zero attached hydrogens (tertiary/aromatic N) is 2. The topological polar surface area (TPSA) is 77.9 Å². The average Bonchev–Trinajstić information content (AvgIpc) is 2.87. The second-order valence-electron chi connectivity index (χ2n) is 6.94. The Morgan fingerprint density at radius 1 is 1.22 bits per heavy atom. The molecule has 27 heavy (non-hydrogen) atoms. The van der Waals surface area contributed by atoms with E-state index in [4.69, 9.17) is 5.11 Å². The predicted octanol–water partition coefficient (Wildman–Crippen LogP) is 2.76. The first-order valence-corrected chi connectivity index (χ1v) is 10.1. The molecule has 1 aliphatic heterocycles. The van der Waals surface area contributed by atoms with E-state index in [0.29, 0.717) is 25.9 Å². The van der Waals surface area contributed by atoms with E-state index < -0.39 is 5.97 Å². The van der Waals surface area contributed by atoms with Crippen LogP contribution < -0.4 is 0 Å². The molecule has 1 aromatic carbocycles. The Kier molecular flexibility index (Phi) is 6.11. The zero-order valence-corrected chi connectivity index (χ0v) is 16.2. The van der Waals surface area contributed by atoms with Gasteiger partial charge in [-0.1, -0.05) is 18.2 Å². The second-order valence-corrected chi connectivity index (χ2v) is 7.85. The number of rotatable bonds is 5. The summed E-state index contributed by atoms with van der Waals surface area (Å²) in [5.41, 5.74) is 1.05. The molecule has 1 N–H and O–H groups in total. The van der Waals surface area contributed by atoms with Gasteiger partial charge in [-0.05, 0) is 41.7 Å². The molecule has 1 saturated heterocycles. The van der Waals surface area contributed by atoms with Crippen molar-refractivity contribution in [1.82, 2.24) is 9.80 Å². The molecule has 0 spiro atoms. The number of fused-ring (bicyclic) bond motifs is 1. The van der Waals surface area contributed by atoms with Crippen LogP contribution in [0.1, 0.15) is 31.7 Å². The summed E-state index contributed by atoms with van der Waals surface area (Å²) >= 11 is 1.65. The highest BCUT2D eigenvalue weighted by molar-refractivity contribution is 7.17. The molecule has 1 aliphatic rings. The number of hydrogen-bond donors (Lipinski definition) is 1. The van der Waals surface area contributed by atoms with Crippen molar-refractivity contribution in [1.29, 1.82) is 0 Å². The van der Waals surface area contributed by atoms with E-state index in [-0.39, 0.29) is 24.4 Å². The van der Waals surface area contributed by atoms with Gasteiger partial charge in [-0.25, -0.2) is 0 Å². The lowest BCUT2D eigenvalue weighted by Crippen LogP contribution is -2.43. The third-order valence-electron chi connectivity index (χ3n) is 5.10. The lowest BCUT2D eigenvalue weighted by molar-refractivity contribution is -0.145. The Morgan fingerprint density at radius 2 is 2.00 bits per heavy atom. The van der Waals surface area contributed by atoms with Gasteiger partial charge in [0.25, 0.3) is 0 Å². The monoisotopic (exact) mass is 388 g/mol. The minimum atomic E-state index is -1.01. The van der Waals surface area contributed by atoms with Crippen LogP contribution in [0.4, 0.5) is 0 Å². The summed E-state index contributed by atoms with van der Waals surface area (Å²) in [4.78, 5) is 38.9. The zero-order valence-electron chi connectivity index (χ0n) is 15.4. The van der Waals surface area contributed by atoms with E-state index in [1.165, 1.54) is 16.5 Å². The molecule has 1 atom stereocenters. The summed E-state index contributed by atoms with van der Waals surface area (Å²) in [6.07, 6.45) is 2.48. The molecule has 1 unspecified atom stereocenters. The van der Waals surface area contributed by atoms with Crippen LogP contribution in [0.25, 0.3) is 10.1 Å². The van der Waals surface area contributed by atoms with Crippen molar-refractivity contribution in [2.45, 2.75) is 38.6 Å². The molecule has 1 fully saturated rings. The summed E-state index contributed by atoms with van der Waals surface area (Å²) in [5, 5.41) is 12.2. The number of carbonyl (C=O) groups is 3. The summed E-state index contributed by atoms with van der Waals surface area (Å²) in [6, 6.07) is 7.96. The van der Waals surface area contributed by atoms with Crippen LogP contribution in [-0.4, -0.2) is 58.4 Å². The van der Waals surface area contributed by atoms with Gasteiger partial charge in [0.2, 0.25) is 11.8 Å². The van der Waals surface area contributed by atoms with Crippen LogP contribution in [0.2, 0.25) is 0 Å². The minimum absolute atomic E-state index is 0.0896. The first-order valence-electron chi connectivity index (χ1n) is 9.17. The van der Waals surface area contributed by atoms with Gasteiger partial charge < -0.3 is 14.9 Å². The molecule has 2 heterocycles. The molecule has 0 radical (unpaired) electrons. The second kappa shape index (κ2) is 8.52. The van der Waals surface area contributed by atoms with Crippen LogP contribution >= 0.6 is 11.3 Å². The maximum absolute atomic E-state index is 12.8. The Bertz CT molecular complexity index is 847. The van der Waals surface area contributed by atoms with Gasteiger partial charge in [0.15, 0.2) is 0 Å². The number of aliphatic carboxylic acids is 1. The number of hydrogen-bond acceptors (Lipinski definition) is 4. The molecule has 0 aliphatic carbocycles. The smallest absolute Gasteiger partial charge is 0.323 e.